The van der Waals surface area contributed by atoms with Crippen LogP contribution in [-0.2, 0) is 9.59 Å². The number of hydrogen-bond acceptors (Lipinski definition) is 6. The van der Waals surface area contributed by atoms with Crippen molar-refractivity contribution in [3.05, 3.63) is 88.5 Å². The van der Waals surface area contributed by atoms with Crippen LogP contribution in [0.4, 0.5) is 5.69 Å². The lowest BCUT2D eigenvalue weighted by atomic mass is 9.95. The minimum Gasteiger partial charge on any atom is -0.507 e. The first-order valence-electron chi connectivity index (χ1n) is 11.8. The van der Waals surface area contributed by atoms with Crippen LogP contribution in [0.5, 0.6) is 17.2 Å². The summed E-state index contributed by atoms with van der Waals surface area (Å²) in [4.78, 5) is 28.1. The number of rotatable bonds is 8. The molecule has 0 bridgehead atoms. The molecule has 1 unspecified atom stereocenters. The van der Waals surface area contributed by atoms with Crippen LogP contribution in [0.15, 0.2) is 72.3 Å². The summed E-state index contributed by atoms with van der Waals surface area (Å²) in [5.74, 6) is 0.0904. The van der Waals surface area contributed by atoms with Crippen molar-refractivity contribution in [1.82, 2.24) is 0 Å². The first-order chi connectivity index (χ1) is 17.7. The van der Waals surface area contributed by atoms with Crippen LogP contribution in [0.1, 0.15) is 31.0 Å². The minimum absolute atomic E-state index is 0.0783. The highest BCUT2D eigenvalue weighted by Crippen LogP contribution is 2.44. The Hall–Kier alpha value is -3.97. The molecule has 192 valence electrons. The van der Waals surface area contributed by atoms with Gasteiger partial charge < -0.3 is 19.3 Å². The number of carbonyl (C=O) groups excluding carboxylic acids is 2. The fraction of sp³-hybridized carbons (Fsp3) is 0.241. The number of anilines is 1. The van der Waals surface area contributed by atoms with Gasteiger partial charge in [-0.05, 0) is 66.1 Å². The average molecular weight is 522 g/mol. The standard InChI is InChI=1S/C29H28ClNO6/c1-17(2)16-37-21-11-7-19(8-12-21)31-26(18-5-9-20(35-3)10-6-18)25(28(33)29(31)34)27(32)23-15-22(36-4)13-14-24(23)30/h5-15,17,26,32H,16H2,1-4H3/b27-25+. The SMILES string of the molecule is COc1ccc(C2/C(=C(\O)c3cc(OC)ccc3Cl)C(=O)C(=O)N2c2ccc(OCC(C)C)cc2)cc1. The molecule has 0 saturated carbocycles. The highest BCUT2D eigenvalue weighted by molar-refractivity contribution is 6.52. The highest BCUT2D eigenvalue weighted by Gasteiger charge is 2.47. The molecule has 3 aromatic carbocycles. The summed E-state index contributed by atoms with van der Waals surface area (Å²) in [5.41, 5.74) is 1.21. The molecular formula is C29H28ClNO6. The van der Waals surface area contributed by atoms with Gasteiger partial charge in [-0.3, -0.25) is 14.5 Å². The number of aliphatic hydroxyl groups is 1. The molecule has 1 aliphatic rings. The number of benzene rings is 3. The van der Waals surface area contributed by atoms with Crippen LogP contribution in [-0.4, -0.2) is 37.6 Å². The van der Waals surface area contributed by atoms with Gasteiger partial charge in [-0.25, -0.2) is 0 Å². The van der Waals surface area contributed by atoms with E-state index >= 15 is 0 Å². The van der Waals surface area contributed by atoms with E-state index in [1.165, 1.54) is 18.1 Å². The van der Waals surface area contributed by atoms with Crippen LogP contribution >= 0.6 is 11.6 Å². The van der Waals surface area contributed by atoms with Crippen LogP contribution in [0.2, 0.25) is 5.02 Å². The third-order valence-corrected chi connectivity index (χ3v) is 6.33. The second kappa shape index (κ2) is 11.0. The van der Waals surface area contributed by atoms with Gasteiger partial charge in [0.2, 0.25) is 0 Å². The largest absolute Gasteiger partial charge is 0.507 e. The molecule has 1 aliphatic heterocycles. The molecular weight excluding hydrogens is 494 g/mol. The number of halogens is 1. The van der Waals surface area contributed by atoms with E-state index in [0.717, 1.165) is 0 Å². The van der Waals surface area contributed by atoms with Crippen molar-refractivity contribution < 1.29 is 28.9 Å². The number of Topliss-reactive ketones (excluding diaryl/α,β-unsaturated/α-hetero) is 1. The third-order valence-electron chi connectivity index (χ3n) is 6.00. The predicted octanol–water partition coefficient (Wildman–Crippen LogP) is 6.02. The van der Waals surface area contributed by atoms with Crippen LogP contribution in [0, 0.1) is 5.92 Å². The first-order valence-corrected chi connectivity index (χ1v) is 12.1. The Balaban J connectivity index is 1.86. The molecule has 1 fully saturated rings. The third kappa shape index (κ3) is 5.27. The second-order valence-corrected chi connectivity index (χ2v) is 9.39. The van der Waals surface area contributed by atoms with Crippen molar-refractivity contribution in [3.8, 4) is 17.2 Å². The average Bonchev–Trinajstić information content (AvgIpc) is 3.17. The quantitative estimate of drug-likeness (QED) is 0.222. The van der Waals surface area contributed by atoms with Gasteiger partial charge in [0.05, 0.1) is 37.5 Å². The molecule has 1 amide bonds. The lowest BCUT2D eigenvalue weighted by Gasteiger charge is -2.26. The molecule has 0 radical (unpaired) electrons. The van der Waals surface area contributed by atoms with Gasteiger partial charge >= 0.3 is 0 Å². The molecule has 37 heavy (non-hydrogen) atoms. The fourth-order valence-corrected chi connectivity index (χ4v) is 4.33. The Morgan fingerprint density at radius 2 is 1.51 bits per heavy atom. The Labute approximate surface area is 220 Å². The molecule has 0 aromatic heterocycles. The minimum atomic E-state index is -0.907. The van der Waals surface area contributed by atoms with Crippen molar-refractivity contribution >= 4 is 34.7 Å². The molecule has 8 heteroatoms. The van der Waals surface area contributed by atoms with E-state index in [1.807, 2.05) is 0 Å². The van der Waals surface area contributed by atoms with Crippen LogP contribution in [0.25, 0.3) is 5.76 Å². The maximum Gasteiger partial charge on any atom is 0.300 e. The number of nitrogens with zero attached hydrogens (tertiary/aromatic N) is 1. The smallest absolute Gasteiger partial charge is 0.300 e. The van der Waals surface area contributed by atoms with Gasteiger partial charge in [0.25, 0.3) is 11.7 Å². The monoisotopic (exact) mass is 521 g/mol. The summed E-state index contributed by atoms with van der Waals surface area (Å²) in [6, 6.07) is 17.7. The van der Waals surface area contributed by atoms with E-state index in [9.17, 15) is 14.7 Å². The van der Waals surface area contributed by atoms with Crippen LogP contribution < -0.4 is 19.1 Å². The zero-order chi connectivity index (χ0) is 26.7. The molecule has 4 rings (SSSR count). The Kier molecular flexibility index (Phi) is 7.74. The number of carbonyl (C=O) groups is 2. The number of ketones is 1. The second-order valence-electron chi connectivity index (χ2n) is 8.99. The summed E-state index contributed by atoms with van der Waals surface area (Å²) in [7, 11) is 3.03. The van der Waals surface area contributed by atoms with Gasteiger partial charge in [-0.15, -0.1) is 0 Å². The number of aliphatic hydroxyl groups excluding tert-OH is 1. The summed E-state index contributed by atoms with van der Waals surface area (Å²) < 4.78 is 16.3. The lowest BCUT2D eigenvalue weighted by molar-refractivity contribution is -0.132. The van der Waals surface area contributed by atoms with E-state index < -0.39 is 17.7 Å². The van der Waals surface area contributed by atoms with Crippen molar-refractivity contribution in [1.29, 1.82) is 0 Å². The summed E-state index contributed by atoms with van der Waals surface area (Å²) >= 11 is 6.38. The number of amides is 1. The fourth-order valence-electron chi connectivity index (χ4n) is 4.12. The molecule has 7 nitrogen and oxygen atoms in total. The van der Waals surface area contributed by atoms with Crippen molar-refractivity contribution in [2.24, 2.45) is 5.92 Å². The van der Waals surface area contributed by atoms with Gasteiger partial charge in [-0.2, -0.15) is 0 Å². The number of ether oxygens (including phenoxy) is 3. The number of methoxy groups -OCH3 is 2. The Morgan fingerprint density at radius 3 is 2.11 bits per heavy atom. The van der Waals surface area contributed by atoms with Gasteiger partial charge in [-0.1, -0.05) is 37.6 Å². The lowest BCUT2D eigenvalue weighted by Crippen LogP contribution is -2.29. The van der Waals surface area contributed by atoms with E-state index in [-0.39, 0.29) is 21.9 Å². The van der Waals surface area contributed by atoms with Crippen molar-refractivity contribution in [2.75, 3.05) is 25.7 Å². The first kappa shape index (κ1) is 26.1. The van der Waals surface area contributed by atoms with Crippen molar-refractivity contribution in [2.45, 2.75) is 19.9 Å². The van der Waals surface area contributed by atoms with E-state index in [0.29, 0.717) is 41.0 Å². The highest BCUT2D eigenvalue weighted by atomic mass is 35.5. The molecule has 1 atom stereocenters. The van der Waals surface area contributed by atoms with Gasteiger partial charge in [0.15, 0.2) is 0 Å². The molecule has 1 heterocycles. The van der Waals surface area contributed by atoms with Gasteiger partial charge in [0.1, 0.15) is 23.0 Å². The Morgan fingerprint density at radius 1 is 0.919 bits per heavy atom. The summed E-state index contributed by atoms with van der Waals surface area (Å²) in [6.07, 6.45) is 0. The molecule has 1 saturated heterocycles. The maximum atomic E-state index is 13.4. The Bertz CT molecular complexity index is 1330. The van der Waals surface area contributed by atoms with E-state index in [4.69, 9.17) is 25.8 Å². The van der Waals surface area contributed by atoms with Crippen LogP contribution in [0.3, 0.4) is 0 Å². The maximum absolute atomic E-state index is 13.4. The zero-order valence-corrected chi connectivity index (χ0v) is 21.8. The molecule has 3 aromatic rings. The topological polar surface area (TPSA) is 85.3 Å². The normalized spacial score (nSPS) is 16.8. The van der Waals surface area contributed by atoms with E-state index in [1.54, 1.807) is 67.8 Å². The molecule has 0 aliphatic carbocycles. The summed E-state index contributed by atoms with van der Waals surface area (Å²) in [5, 5.41) is 11.6. The van der Waals surface area contributed by atoms with Gasteiger partial charge in [0, 0.05) is 11.3 Å². The molecule has 1 N–H and O–H groups in total. The summed E-state index contributed by atoms with van der Waals surface area (Å²) in [6.45, 7) is 4.66. The predicted molar refractivity (Wildman–Crippen MR) is 143 cm³/mol. The zero-order valence-electron chi connectivity index (χ0n) is 21.0. The molecule has 0 spiro atoms. The van der Waals surface area contributed by atoms with E-state index in [2.05, 4.69) is 13.8 Å². The van der Waals surface area contributed by atoms with Crippen molar-refractivity contribution in [3.63, 3.8) is 0 Å². The number of hydrogen-bond donors (Lipinski definition) is 1.